The maximum Gasteiger partial charge on any atom is 0.112 e. The number of imidazole rings is 1. The summed E-state index contributed by atoms with van der Waals surface area (Å²) in [6.45, 7) is 1.72. The van der Waals surface area contributed by atoms with E-state index in [1.807, 2.05) is 0 Å². The van der Waals surface area contributed by atoms with Crippen molar-refractivity contribution in [2.45, 2.75) is 37.6 Å². The highest BCUT2D eigenvalue weighted by Crippen LogP contribution is 2.40. The molecule has 1 N–H and O–H groups in total. The van der Waals surface area contributed by atoms with Gasteiger partial charge in [0.15, 0.2) is 0 Å². The predicted molar refractivity (Wildman–Crippen MR) is 80.2 cm³/mol. The van der Waals surface area contributed by atoms with E-state index < -0.39 is 0 Å². The predicted octanol–water partition coefficient (Wildman–Crippen LogP) is 3.04. The number of hydrogen-bond donors (Lipinski definition) is 1. The van der Waals surface area contributed by atoms with Gasteiger partial charge >= 0.3 is 0 Å². The summed E-state index contributed by atoms with van der Waals surface area (Å²) in [5.74, 6) is 1.94. The van der Waals surface area contributed by atoms with Gasteiger partial charge < -0.3 is 14.6 Å². The molecule has 1 atom stereocenters. The molecule has 0 bridgehead atoms. The minimum atomic E-state index is 0.438. The molecule has 0 amide bonds. The molecule has 1 aromatic carbocycles. The zero-order valence-electron chi connectivity index (χ0n) is 11.9. The first kappa shape index (κ1) is 12.2. The second kappa shape index (κ2) is 4.77. The van der Waals surface area contributed by atoms with Crippen molar-refractivity contribution in [2.24, 2.45) is 7.05 Å². The van der Waals surface area contributed by atoms with Crippen molar-refractivity contribution in [3.05, 3.63) is 24.0 Å². The molecule has 1 aromatic heterocycles. The van der Waals surface area contributed by atoms with E-state index in [1.165, 1.54) is 30.6 Å². The molecule has 4 heteroatoms. The van der Waals surface area contributed by atoms with Crippen LogP contribution in [0.4, 0.5) is 5.69 Å². The van der Waals surface area contributed by atoms with E-state index in [0.29, 0.717) is 12.0 Å². The summed E-state index contributed by atoms with van der Waals surface area (Å²) in [6.07, 6.45) is 4.92. The molecule has 2 aromatic rings. The van der Waals surface area contributed by atoms with Crippen LogP contribution in [0.2, 0.25) is 0 Å². The van der Waals surface area contributed by atoms with E-state index in [4.69, 9.17) is 9.72 Å². The molecule has 1 saturated heterocycles. The average molecular weight is 271 g/mol. The van der Waals surface area contributed by atoms with E-state index in [2.05, 4.69) is 35.1 Å². The van der Waals surface area contributed by atoms with Crippen molar-refractivity contribution >= 4 is 16.7 Å². The number of fused-ring (bicyclic) bond motifs is 1. The lowest BCUT2D eigenvalue weighted by molar-refractivity contribution is 0.0876. The van der Waals surface area contributed by atoms with Crippen molar-refractivity contribution in [1.29, 1.82) is 0 Å². The van der Waals surface area contributed by atoms with Crippen LogP contribution in [0.3, 0.4) is 0 Å². The van der Waals surface area contributed by atoms with Gasteiger partial charge in [-0.25, -0.2) is 4.98 Å². The van der Waals surface area contributed by atoms with Crippen LogP contribution in [0.5, 0.6) is 0 Å². The lowest BCUT2D eigenvalue weighted by Gasteiger charge is -2.24. The van der Waals surface area contributed by atoms with Crippen molar-refractivity contribution in [2.75, 3.05) is 18.5 Å². The lowest BCUT2D eigenvalue weighted by Crippen LogP contribution is -2.29. The number of nitrogens with zero attached hydrogens (tertiary/aromatic N) is 2. The van der Waals surface area contributed by atoms with Gasteiger partial charge in [0, 0.05) is 31.3 Å². The second-order valence-corrected chi connectivity index (χ2v) is 6.07. The summed E-state index contributed by atoms with van der Waals surface area (Å²) >= 11 is 0. The first-order chi connectivity index (χ1) is 9.81. The third kappa shape index (κ3) is 2.18. The van der Waals surface area contributed by atoms with Gasteiger partial charge in [0.1, 0.15) is 5.82 Å². The lowest BCUT2D eigenvalue weighted by atomic mass is 10.1. The van der Waals surface area contributed by atoms with Crippen molar-refractivity contribution in [3.8, 4) is 0 Å². The van der Waals surface area contributed by atoms with E-state index >= 15 is 0 Å². The Labute approximate surface area is 119 Å². The summed E-state index contributed by atoms with van der Waals surface area (Å²) in [4.78, 5) is 4.82. The van der Waals surface area contributed by atoms with Crippen LogP contribution in [0.25, 0.3) is 11.0 Å². The van der Waals surface area contributed by atoms with Crippen LogP contribution in [0, 0.1) is 0 Å². The fourth-order valence-corrected chi connectivity index (χ4v) is 3.11. The normalized spacial score (nSPS) is 23.1. The Kier molecular flexibility index (Phi) is 2.91. The molecular weight excluding hydrogens is 250 g/mol. The molecule has 1 aliphatic heterocycles. The van der Waals surface area contributed by atoms with Crippen LogP contribution in [-0.4, -0.2) is 28.8 Å². The molecule has 2 fully saturated rings. The molecule has 0 unspecified atom stereocenters. The Morgan fingerprint density at radius 3 is 2.95 bits per heavy atom. The van der Waals surface area contributed by atoms with Crippen LogP contribution >= 0.6 is 0 Å². The minimum Gasteiger partial charge on any atom is -0.380 e. The molecule has 106 valence electrons. The zero-order valence-corrected chi connectivity index (χ0v) is 11.9. The van der Waals surface area contributed by atoms with E-state index in [9.17, 15) is 0 Å². The molecule has 20 heavy (non-hydrogen) atoms. The fraction of sp³-hybridized carbons (Fsp3) is 0.562. The van der Waals surface area contributed by atoms with Crippen molar-refractivity contribution in [3.63, 3.8) is 0 Å². The highest BCUT2D eigenvalue weighted by atomic mass is 16.5. The zero-order chi connectivity index (χ0) is 13.5. The summed E-state index contributed by atoms with van der Waals surface area (Å²) in [5, 5.41) is 3.57. The van der Waals surface area contributed by atoms with Crippen LogP contribution in [0.1, 0.15) is 37.4 Å². The number of aromatic nitrogens is 2. The van der Waals surface area contributed by atoms with Gasteiger partial charge in [0.25, 0.3) is 0 Å². The largest absolute Gasteiger partial charge is 0.380 e. The SMILES string of the molecule is Cn1c(C2CC2)nc2cc(N[C@@H]3CCCOC3)ccc21. The Hall–Kier alpha value is -1.55. The molecule has 1 aliphatic carbocycles. The van der Waals surface area contributed by atoms with E-state index in [0.717, 1.165) is 30.8 Å². The number of nitrogens with one attached hydrogen (secondary N) is 1. The number of aryl methyl sites for hydroxylation is 1. The van der Waals surface area contributed by atoms with Crippen LogP contribution < -0.4 is 5.32 Å². The standard InChI is InChI=1S/C16H21N3O/c1-19-15-7-6-12(17-13-3-2-8-20-10-13)9-14(15)18-16(19)11-4-5-11/h6-7,9,11,13,17H,2-5,8,10H2,1H3/t13-/m1/s1. The van der Waals surface area contributed by atoms with Crippen molar-refractivity contribution in [1.82, 2.24) is 9.55 Å². The van der Waals surface area contributed by atoms with Gasteiger partial charge in [-0.2, -0.15) is 0 Å². The molecule has 2 heterocycles. The number of ether oxygens (including phenoxy) is 1. The van der Waals surface area contributed by atoms with E-state index in [-0.39, 0.29) is 0 Å². The quantitative estimate of drug-likeness (QED) is 0.932. The summed E-state index contributed by atoms with van der Waals surface area (Å²) in [5.41, 5.74) is 3.50. The van der Waals surface area contributed by atoms with E-state index in [1.54, 1.807) is 0 Å². The molecule has 1 saturated carbocycles. The number of hydrogen-bond acceptors (Lipinski definition) is 3. The first-order valence-electron chi connectivity index (χ1n) is 7.62. The molecule has 2 aliphatic rings. The molecular formula is C16H21N3O. The maximum absolute atomic E-state index is 5.52. The first-order valence-corrected chi connectivity index (χ1v) is 7.62. The van der Waals surface area contributed by atoms with Gasteiger partial charge in [0.05, 0.1) is 17.6 Å². The highest BCUT2D eigenvalue weighted by Gasteiger charge is 2.28. The summed E-state index contributed by atoms with van der Waals surface area (Å²) in [7, 11) is 2.13. The van der Waals surface area contributed by atoms with Crippen molar-refractivity contribution < 1.29 is 4.74 Å². The third-order valence-electron chi connectivity index (χ3n) is 4.39. The maximum atomic E-state index is 5.52. The third-order valence-corrected chi connectivity index (χ3v) is 4.39. The Bertz CT molecular complexity index is 624. The van der Waals surface area contributed by atoms with Gasteiger partial charge in [-0.3, -0.25) is 0 Å². The summed E-state index contributed by atoms with van der Waals surface area (Å²) in [6, 6.07) is 6.96. The Morgan fingerprint density at radius 1 is 1.30 bits per heavy atom. The number of benzene rings is 1. The molecule has 4 rings (SSSR count). The monoisotopic (exact) mass is 271 g/mol. The number of anilines is 1. The molecule has 4 nitrogen and oxygen atoms in total. The van der Waals surface area contributed by atoms with Gasteiger partial charge in [-0.1, -0.05) is 0 Å². The van der Waals surface area contributed by atoms with Gasteiger partial charge in [-0.15, -0.1) is 0 Å². The fourth-order valence-electron chi connectivity index (χ4n) is 3.11. The Morgan fingerprint density at radius 2 is 2.20 bits per heavy atom. The van der Waals surface area contributed by atoms with Gasteiger partial charge in [-0.05, 0) is 43.9 Å². The second-order valence-electron chi connectivity index (χ2n) is 6.07. The average Bonchev–Trinajstić information content (AvgIpc) is 3.26. The minimum absolute atomic E-state index is 0.438. The van der Waals surface area contributed by atoms with Crippen LogP contribution in [0.15, 0.2) is 18.2 Å². The van der Waals surface area contributed by atoms with Gasteiger partial charge in [0.2, 0.25) is 0 Å². The molecule has 0 spiro atoms. The summed E-state index contributed by atoms with van der Waals surface area (Å²) < 4.78 is 7.77. The smallest absolute Gasteiger partial charge is 0.112 e. The number of rotatable bonds is 3. The Balaban J connectivity index is 1.61. The topological polar surface area (TPSA) is 39.1 Å². The molecule has 0 radical (unpaired) electrons. The highest BCUT2D eigenvalue weighted by molar-refractivity contribution is 5.80. The van der Waals surface area contributed by atoms with Crippen LogP contribution in [-0.2, 0) is 11.8 Å².